The highest BCUT2D eigenvalue weighted by Gasteiger charge is 2.12. The molecule has 0 aliphatic rings. The molecule has 0 aliphatic carbocycles. The minimum atomic E-state index is -0.391. The molecule has 5 heteroatoms. The molecule has 0 saturated carbocycles. The van der Waals surface area contributed by atoms with E-state index in [9.17, 15) is 4.79 Å². The van der Waals surface area contributed by atoms with Crippen LogP contribution in [-0.2, 0) is 4.79 Å². The fraction of sp³-hybridized carbons (Fsp3) is 0.176. The molecule has 2 rings (SSSR count). The summed E-state index contributed by atoms with van der Waals surface area (Å²) in [4.78, 5) is 12.0. The highest BCUT2D eigenvalue weighted by atomic mass is 35.5. The van der Waals surface area contributed by atoms with Crippen molar-refractivity contribution in [2.24, 2.45) is 5.10 Å². The van der Waals surface area contributed by atoms with Crippen molar-refractivity contribution >= 4 is 29.4 Å². The zero-order valence-electron chi connectivity index (χ0n) is 12.5. The normalized spacial score (nSPS) is 12.1. The zero-order chi connectivity index (χ0) is 15.9. The highest BCUT2D eigenvalue weighted by Crippen LogP contribution is 2.14. The Morgan fingerprint density at radius 3 is 2.73 bits per heavy atom. The van der Waals surface area contributed by atoms with E-state index in [0.29, 0.717) is 5.02 Å². The molecule has 0 radical (unpaired) electrons. The monoisotopic (exact) mass is 315 g/mol. The number of hydrogen-bond acceptors (Lipinski definition) is 3. The van der Waals surface area contributed by atoms with Gasteiger partial charge in [-0.05, 0) is 43.2 Å². The fourth-order valence-corrected chi connectivity index (χ4v) is 2.09. The second-order valence-corrected chi connectivity index (χ2v) is 5.41. The third-order valence-corrected chi connectivity index (χ3v) is 3.38. The van der Waals surface area contributed by atoms with Crippen molar-refractivity contribution in [2.45, 2.75) is 19.9 Å². The molecule has 4 nitrogen and oxygen atoms in total. The van der Waals surface area contributed by atoms with E-state index in [1.165, 1.54) is 0 Å². The summed E-state index contributed by atoms with van der Waals surface area (Å²) in [7, 11) is 0. The van der Waals surface area contributed by atoms with Gasteiger partial charge in [-0.3, -0.25) is 4.79 Å². The van der Waals surface area contributed by atoms with E-state index < -0.39 is 6.04 Å². The van der Waals surface area contributed by atoms with Gasteiger partial charge in [-0.1, -0.05) is 41.9 Å². The number of benzene rings is 2. The van der Waals surface area contributed by atoms with Crippen LogP contribution >= 0.6 is 11.6 Å². The van der Waals surface area contributed by atoms with Crippen molar-refractivity contribution in [2.75, 3.05) is 5.32 Å². The van der Waals surface area contributed by atoms with Gasteiger partial charge < -0.3 is 5.32 Å². The van der Waals surface area contributed by atoms with Crippen LogP contribution in [0, 0.1) is 6.92 Å². The van der Waals surface area contributed by atoms with Crippen LogP contribution in [-0.4, -0.2) is 18.2 Å². The van der Waals surface area contributed by atoms with Crippen LogP contribution in [0.3, 0.4) is 0 Å². The molecular formula is C17H18ClN3O. The van der Waals surface area contributed by atoms with Crippen LogP contribution in [0.25, 0.3) is 0 Å². The fourth-order valence-electron chi connectivity index (χ4n) is 1.89. The van der Waals surface area contributed by atoms with E-state index >= 15 is 0 Å². The summed E-state index contributed by atoms with van der Waals surface area (Å²) in [5.74, 6) is -0.207. The maximum Gasteiger partial charge on any atom is 0.262 e. The first-order chi connectivity index (χ1) is 10.6. The van der Waals surface area contributed by atoms with Gasteiger partial charge in [0.15, 0.2) is 0 Å². The molecule has 0 aliphatic heterocycles. The highest BCUT2D eigenvalue weighted by molar-refractivity contribution is 6.30. The van der Waals surface area contributed by atoms with Gasteiger partial charge in [0, 0.05) is 10.7 Å². The summed E-state index contributed by atoms with van der Waals surface area (Å²) in [5, 5.41) is 7.73. The largest absolute Gasteiger partial charge is 0.374 e. The lowest BCUT2D eigenvalue weighted by molar-refractivity contribution is -0.121. The molecule has 0 spiro atoms. The number of hydrazone groups is 1. The Hall–Kier alpha value is -2.33. The maximum atomic E-state index is 12.0. The van der Waals surface area contributed by atoms with E-state index in [4.69, 9.17) is 11.6 Å². The smallest absolute Gasteiger partial charge is 0.262 e. The Morgan fingerprint density at radius 1 is 1.23 bits per heavy atom. The molecule has 1 atom stereocenters. The lowest BCUT2D eigenvalue weighted by Gasteiger charge is -2.15. The van der Waals surface area contributed by atoms with E-state index in [-0.39, 0.29) is 5.91 Å². The standard InChI is InChI=1S/C17H18ClN3O/c1-12-6-3-4-9-16(12)20-13(2)17(22)21-19-11-14-7-5-8-15(18)10-14/h3-11,13,20H,1-2H3,(H,21,22)/b19-11-/t13-/m1/s1. The van der Waals surface area contributed by atoms with Gasteiger partial charge in [-0.15, -0.1) is 0 Å². The summed E-state index contributed by atoms with van der Waals surface area (Å²) in [6, 6.07) is 14.7. The first-order valence-electron chi connectivity index (χ1n) is 6.97. The molecule has 22 heavy (non-hydrogen) atoms. The number of anilines is 1. The molecule has 0 fully saturated rings. The Labute approximate surface area is 135 Å². The first kappa shape index (κ1) is 16.0. The van der Waals surface area contributed by atoms with Crippen molar-refractivity contribution < 1.29 is 4.79 Å². The van der Waals surface area contributed by atoms with Gasteiger partial charge in [0.2, 0.25) is 0 Å². The quantitative estimate of drug-likeness (QED) is 0.654. The summed E-state index contributed by atoms with van der Waals surface area (Å²) in [6.07, 6.45) is 1.56. The molecule has 0 heterocycles. The predicted octanol–water partition coefficient (Wildman–Crippen LogP) is 3.60. The SMILES string of the molecule is Cc1ccccc1N[C@H](C)C(=O)N/N=C\c1cccc(Cl)c1. The number of para-hydroxylation sites is 1. The maximum absolute atomic E-state index is 12.0. The van der Waals surface area contributed by atoms with Crippen molar-refractivity contribution in [1.29, 1.82) is 0 Å². The molecule has 0 aromatic heterocycles. The summed E-state index contributed by atoms with van der Waals surface area (Å²) in [5.41, 5.74) is 5.36. The van der Waals surface area contributed by atoms with Crippen LogP contribution in [0.5, 0.6) is 0 Å². The van der Waals surface area contributed by atoms with Crippen LogP contribution in [0.2, 0.25) is 5.02 Å². The molecule has 114 valence electrons. The number of rotatable bonds is 5. The van der Waals surface area contributed by atoms with E-state index in [1.54, 1.807) is 25.3 Å². The average molecular weight is 316 g/mol. The van der Waals surface area contributed by atoms with Crippen molar-refractivity contribution in [1.82, 2.24) is 5.43 Å². The first-order valence-corrected chi connectivity index (χ1v) is 7.34. The summed E-state index contributed by atoms with van der Waals surface area (Å²) in [6.45, 7) is 3.78. The van der Waals surface area contributed by atoms with Crippen molar-refractivity contribution in [3.8, 4) is 0 Å². The number of carbonyl (C=O) groups excluding carboxylic acids is 1. The summed E-state index contributed by atoms with van der Waals surface area (Å²) < 4.78 is 0. The topological polar surface area (TPSA) is 53.5 Å². The van der Waals surface area contributed by atoms with E-state index in [0.717, 1.165) is 16.8 Å². The molecular weight excluding hydrogens is 298 g/mol. The third kappa shape index (κ3) is 4.60. The number of aryl methyl sites for hydroxylation is 1. The Morgan fingerprint density at radius 2 is 2.00 bits per heavy atom. The van der Waals surface area contributed by atoms with Gasteiger partial charge in [0.25, 0.3) is 5.91 Å². The molecule has 0 unspecified atom stereocenters. The van der Waals surface area contributed by atoms with Crippen LogP contribution in [0.4, 0.5) is 5.69 Å². The molecule has 2 N–H and O–H groups in total. The van der Waals surface area contributed by atoms with Crippen molar-refractivity contribution in [3.63, 3.8) is 0 Å². The van der Waals surface area contributed by atoms with Crippen LogP contribution in [0.15, 0.2) is 53.6 Å². The molecule has 2 aromatic rings. The van der Waals surface area contributed by atoms with E-state index in [1.807, 2.05) is 43.3 Å². The Bertz CT molecular complexity index is 685. The van der Waals surface area contributed by atoms with Gasteiger partial charge in [-0.2, -0.15) is 5.10 Å². The second kappa shape index (κ2) is 7.61. The number of halogens is 1. The van der Waals surface area contributed by atoms with E-state index in [2.05, 4.69) is 15.8 Å². The Balaban J connectivity index is 1.90. The number of carbonyl (C=O) groups is 1. The lowest BCUT2D eigenvalue weighted by Crippen LogP contribution is -2.35. The third-order valence-electron chi connectivity index (χ3n) is 3.15. The minimum Gasteiger partial charge on any atom is -0.374 e. The molecule has 1 amide bonds. The minimum absolute atomic E-state index is 0.207. The summed E-state index contributed by atoms with van der Waals surface area (Å²) >= 11 is 5.88. The predicted molar refractivity (Wildman–Crippen MR) is 91.5 cm³/mol. The second-order valence-electron chi connectivity index (χ2n) is 4.97. The average Bonchev–Trinajstić information content (AvgIpc) is 2.49. The lowest BCUT2D eigenvalue weighted by atomic mass is 10.2. The van der Waals surface area contributed by atoms with Crippen LogP contribution < -0.4 is 10.7 Å². The zero-order valence-corrected chi connectivity index (χ0v) is 13.3. The molecule has 0 bridgehead atoms. The van der Waals surface area contributed by atoms with Crippen molar-refractivity contribution in [3.05, 3.63) is 64.7 Å². The molecule has 2 aromatic carbocycles. The van der Waals surface area contributed by atoms with Crippen LogP contribution in [0.1, 0.15) is 18.1 Å². The van der Waals surface area contributed by atoms with Gasteiger partial charge >= 0.3 is 0 Å². The van der Waals surface area contributed by atoms with Gasteiger partial charge in [0.1, 0.15) is 6.04 Å². The number of nitrogens with one attached hydrogen (secondary N) is 2. The number of hydrogen-bond donors (Lipinski definition) is 2. The number of amides is 1. The Kier molecular flexibility index (Phi) is 5.55. The number of nitrogens with zero attached hydrogens (tertiary/aromatic N) is 1. The van der Waals surface area contributed by atoms with Gasteiger partial charge in [-0.25, -0.2) is 5.43 Å². The molecule has 0 saturated heterocycles. The van der Waals surface area contributed by atoms with Gasteiger partial charge in [0.05, 0.1) is 6.21 Å².